The number of nitrogens with one attached hydrogen (secondary N) is 1. The zero-order chi connectivity index (χ0) is 16.9. The van der Waals surface area contributed by atoms with Gasteiger partial charge in [-0.2, -0.15) is 0 Å². The first-order valence-corrected chi connectivity index (χ1v) is 7.83. The van der Waals surface area contributed by atoms with Gasteiger partial charge in [-0.1, -0.05) is 13.8 Å². The van der Waals surface area contributed by atoms with Crippen LogP contribution >= 0.6 is 11.3 Å². The van der Waals surface area contributed by atoms with Crippen LogP contribution in [0.15, 0.2) is 0 Å². The van der Waals surface area contributed by atoms with Crippen molar-refractivity contribution in [2.24, 2.45) is 5.92 Å². The minimum atomic E-state index is -0.934. The lowest BCUT2D eigenvalue weighted by molar-refractivity contribution is -0.138. The molecule has 0 saturated heterocycles. The van der Waals surface area contributed by atoms with Crippen molar-refractivity contribution in [2.45, 2.75) is 40.0 Å². The highest BCUT2D eigenvalue weighted by molar-refractivity contribution is 7.16. The predicted molar refractivity (Wildman–Crippen MR) is 84.4 cm³/mol. The van der Waals surface area contributed by atoms with Gasteiger partial charge >= 0.3 is 11.9 Å². The molecule has 0 bridgehead atoms. The number of aliphatic carboxylic acids is 1. The molecule has 0 radical (unpaired) electrons. The van der Waals surface area contributed by atoms with Crippen LogP contribution in [-0.2, 0) is 20.7 Å². The van der Waals surface area contributed by atoms with E-state index < -0.39 is 11.9 Å². The molecule has 0 fully saturated rings. The Morgan fingerprint density at radius 1 is 1.32 bits per heavy atom. The molecule has 1 amide bonds. The maximum Gasteiger partial charge on any atom is 0.341 e. The third-order valence-corrected chi connectivity index (χ3v) is 4.32. The van der Waals surface area contributed by atoms with Crippen molar-refractivity contribution in [3.05, 3.63) is 16.0 Å². The van der Waals surface area contributed by atoms with E-state index in [0.29, 0.717) is 17.0 Å². The highest BCUT2D eigenvalue weighted by Crippen LogP contribution is 2.34. The van der Waals surface area contributed by atoms with Crippen LogP contribution in [-0.4, -0.2) is 30.1 Å². The molecule has 1 heterocycles. The molecule has 6 nitrogen and oxygen atoms in total. The summed E-state index contributed by atoms with van der Waals surface area (Å²) in [6.45, 7) is 5.52. The van der Waals surface area contributed by atoms with E-state index in [1.165, 1.54) is 18.4 Å². The quantitative estimate of drug-likeness (QED) is 0.751. The summed E-state index contributed by atoms with van der Waals surface area (Å²) in [4.78, 5) is 35.5. The minimum absolute atomic E-state index is 0.0685. The predicted octanol–water partition coefficient (Wildman–Crippen LogP) is 2.84. The van der Waals surface area contributed by atoms with Crippen molar-refractivity contribution >= 4 is 34.2 Å². The normalized spacial score (nSPS) is 11.8. The second kappa shape index (κ2) is 7.93. The SMILES string of the molecule is CCc1c(C)sc(NC(=O)C[C@@H](C)CC(=O)O)c1C(=O)OC. The Labute approximate surface area is 133 Å². The molecule has 122 valence electrons. The van der Waals surface area contributed by atoms with Crippen molar-refractivity contribution in [2.75, 3.05) is 12.4 Å². The van der Waals surface area contributed by atoms with Gasteiger partial charge in [0.05, 0.1) is 12.7 Å². The van der Waals surface area contributed by atoms with E-state index in [4.69, 9.17) is 9.84 Å². The molecule has 0 saturated carbocycles. The van der Waals surface area contributed by atoms with Crippen molar-refractivity contribution < 1.29 is 24.2 Å². The molecule has 1 aromatic rings. The van der Waals surface area contributed by atoms with Crippen LogP contribution in [0.1, 0.15) is 47.5 Å². The maximum absolute atomic E-state index is 12.0. The molecule has 2 N–H and O–H groups in total. The van der Waals surface area contributed by atoms with E-state index in [1.807, 2.05) is 13.8 Å². The van der Waals surface area contributed by atoms with Crippen LogP contribution < -0.4 is 5.32 Å². The average molecular weight is 327 g/mol. The Hall–Kier alpha value is -1.89. The van der Waals surface area contributed by atoms with Crippen LogP contribution in [0.2, 0.25) is 0 Å². The molecule has 0 aliphatic rings. The average Bonchev–Trinajstić information content (AvgIpc) is 2.71. The lowest BCUT2D eigenvalue weighted by atomic mass is 10.0. The van der Waals surface area contributed by atoms with E-state index >= 15 is 0 Å². The minimum Gasteiger partial charge on any atom is -0.481 e. The first-order chi connectivity index (χ1) is 10.3. The van der Waals surface area contributed by atoms with Gasteiger partial charge < -0.3 is 15.2 Å². The summed E-state index contributed by atoms with van der Waals surface area (Å²) < 4.78 is 4.79. The molecule has 7 heteroatoms. The van der Waals surface area contributed by atoms with Crippen LogP contribution in [0.25, 0.3) is 0 Å². The third-order valence-electron chi connectivity index (χ3n) is 3.26. The number of carbonyl (C=O) groups is 3. The molecular formula is C15H21NO5S. The van der Waals surface area contributed by atoms with Crippen LogP contribution in [0.3, 0.4) is 0 Å². The Morgan fingerprint density at radius 3 is 2.45 bits per heavy atom. The molecular weight excluding hydrogens is 306 g/mol. The summed E-state index contributed by atoms with van der Waals surface area (Å²) in [7, 11) is 1.30. The number of aryl methyl sites for hydroxylation is 1. The van der Waals surface area contributed by atoms with E-state index in [-0.39, 0.29) is 24.7 Å². The van der Waals surface area contributed by atoms with Crippen molar-refractivity contribution in [3.8, 4) is 0 Å². The Balaban J connectivity index is 2.91. The van der Waals surface area contributed by atoms with E-state index in [9.17, 15) is 14.4 Å². The summed E-state index contributed by atoms with van der Waals surface area (Å²) in [6.07, 6.45) is 0.685. The zero-order valence-corrected chi connectivity index (χ0v) is 14.0. The molecule has 1 rings (SSSR count). The van der Waals surface area contributed by atoms with Crippen LogP contribution in [0, 0.1) is 12.8 Å². The van der Waals surface area contributed by atoms with Crippen LogP contribution in [0.5, 0.6) is 0 Å². The number of anilines is 1. The fraction of sp³-hybridized carbons (Fsp3) is 0.533. The van der Waals surface area contributed by atoms with E-state index in [0.717, 1.165) is 10.4 Å². The number of hydrogen-bond donors (Lipinski definition) is 2. The van der Waals surface area contributed by atoms with Gasteiger partial charge in [0, 0.05) is 17.7 Å². The molecule has 0 unspecified atom stereocenters. The van der Waals surface area contributed by atoms with Gasteiger partial charge in [0.25, 0.3) is 0 Å². The largest absolute Gasteiger partial charge is 0.481 e. The molecule has 0 aliphatic heterocycles. The maximum atomic E-state index is 12.0. The van der Waals surface area contributed by atoms with Gasteiger partial charge in [-0.05, 0) is 24.8 Å². The van der Waals surface area contributed by atoms with Crippen LogP contribution in [0.4, 0.5) is 5.00 Å². The summed E-state index contributed by atoms with van der Waals surface area (Å²) in [5.41, 5.74) is 1.26. The summed E-state index contributed by atoms with van der Waals surface area (Å²) >= 11 is 1.33. The van der Waals surface area contributed by atoms with Crippen molar-refractivity contribution in [3.63, 3.8) is 0 Å². The number of hydrogen-bond acceptors (Lipinski definition) is 5. The number of thiophene rings is 1. The third kappa shape index (κ3) is 4.56. The van der Waals surface area contributed by atoms with Gasteiger partial charge in [-0.3, -0.25) is 9.59 Å². The first-order valence-electron chi connectivity index (χ1n) is 7.02. The molecule has 0 aliphatic carbocycles. The number of carboxylic acids is 1. The number of methoxy groups -OCH3 is 1. The van der Waals surface area contributed by atoms with E-state index in [1.54, 1.807) is 6.92 Å². The Morgan fingerprint density at radius 2 is 1.95 bits per heavy atom. The van der Waals surface area contributed by atoms with Gasteiger partial charge in [-0.25, -0.2) is 4.79 Å². The topological polar surface area (TPSA) is 92.7 Å². The van der Waals surface area contributed by atoms with Gasteiger partial charge in [-0.15, -0.1) is 11.3 Å². The Kier molecular flexibility index (Phi) is 6.55. The molecule has 1 aromatic heterocycles. The Bertz CT molecular complexity index is 579. The van der Waals surface area contributed by atoms with Crippen molar-refractivity contribution in [1.29, 1.82) is 0 Å². The molecule has 22 heavy (non-hydrogen) atoms. The monoisotopic (exact) mass is 327 g/mol. The second-order valence-electron chi connectivity index (χ2n) is 5.14. The standard InChI is InChI=1S/C15H21NO5S/c1-5-10-9(3)22-14(13(10)15(20)21-4)16-11(17)6-8(2)7-12(18)19/h8H,5-7H2,1-4H3,(H,16,17)(H,18,19)/t8-/m1/s1. The summed E-state index contributed by atoms with van der Waals surface area (Å²) in [5.74, 6) is -1.99. The highest BCUT2D eigenvalue weighted by atomic mass is 32.1. The lowest BCUT2D eigenvalue weighted by Gasteiger charge is -2.10. The zero-order valence-electron chi connectivity index (χ0n) is 13.2. The van der Waals surface area contributed by atoms with Gasteiger partial charge in [0.1, 0.15) is 5.00 Å². The van der Waals surface area contributed by atoms with E-state index in [2.05, 4.69) is 5.32 Å². The lowest BCUT2D eigenvalue weighted by Crippen LogP contribution is -2.18. The number of rotatable bonds is 7. The number of ether oxygens (including phenoxy) is 1. The van der Waals surface area contributed by atoms with Gasteiger partial charge in [0.15, 0.2) is 0 Å². The number of carbonyl (C=O) groups excluding carboxylic acids is 2. The number of esters is 1. The first kappa shape index (κ1) is 18.2. The summed E-state index contributed by atoms with van der Waals surface area (Å²) in [6, 6.07) is 0. The smallest absolute Gasteiger partial charge is 0.341 e. The molecule has 0 spiro atoms. The number of amides is 1. The molecule has 1 atom stereocenters. The highest BCUT2D eigenvalue weighted by Gasteiger charge is 2.23. The molecule has 0 aromatic carbocycles. The second-order valence-corrected chi connectivity index (χ2v) is 6.37. The fourth-order valence-electron chi connectivity index (χ4n) is 2.27. The van der Waals surface area contributed by atoms with Crippen molar-refractivity contribution in [1.82, 2.24) is 0 Å². The van der Waals surface area contributed by atoms with Gasteiger partial charge in [0.2, 0.25) is 5.91 Å². The fourth-order valence-corrected chi connectivity index (χ4v) is 3.42. The summed E-state index contributed by atoms with van der Waals surface area (Å²) in [5, 5.41) is 11.9. The number of carboxylic acid groups (broad SMARTS) is 1.